The van der Waals surface area contributed by atoms with E-state index >= 15 is 0 Å². The van der Waals surface area contributed by atoms with Crippen molar-refractivity contribution in [2.45, 2.75) is 0 Å². The lowest BCUT2D eigenvalue weighted by atomic mass is 10.4. The molecule has 13 heavy (non-hydrogen) atoms. The Kier molecular flexibility index (Phi) is 1.81. The lowest BCUT2D eigenvalue weighted by molar-refractivity contribution is 0.0606. The first-order chi connectivity index (χ1) is 6.20. The highest BCUT2D eigenvalue weighted by Gasteiger charge is 2.11. The van der Waals surface area contributed by atoms with E-state index in [1.165, 1.54) is 18.4 Å². The molecule has 0 aliphatic rings. The molecule has 2 aromatic rings. The largest absolute Gasteiger partial charge is 0.465 e. The molecule has 0 N–H and O–H groups in total. The summed E-state index contributed by atoms with van der Waals surface area (Å²) in [6.45, 7) is 0. The summed E-state index contributed by atoms with van der Waals surface area (Å²) in [7, 11) is 3.23. The molecule has 0 amide bonds. The van der Waals surface area contributed by atoms with Crippen LogP contribution in [-0.2, 0) is 11.8 Å². The summed E-state index contributed by atoms with van der Waals surface area (Å²) in [5.41, 5.74) is 0.841. The first kappa shape index (κ1) is 8.25. The number of methoxy groups -OCH3 is 1. The van der Waals surface area contributed by atoms with Crippen molar-refractivity contribution in [3.63, 3.8) is 0 Å². The van der Waals surface area contributed by atoms with Gasteiger partial charge in [0.2, 0.25) is 0 Å². The third-order valence-corrected chi connectivity index (χ3v) is 2.74. The maximum absolute atomic E-state index is 11.1. The van der Waals surface area contributed by atoms with E-state index in [-0.39, 0.29) is 5.97 Å². The number of carbonyl (C=O) groups is 1. The molecule has 0 radical (unpaired) electrons. The highest BCUT2D eigenvalue weighted by atomic mass is 32.1. The molecular formula is C8H8N2O2S. The molecule has 0 fully saturated rings. The molecule has 0 bridgehead atoms. The minimum absolute atomic E-state index is 0.300. The molecule has 0 saturated carbocycles. The molecule has 2 aromatic heterocycles. The van der Waals surface area contributed by atoms with Crippen LogP contribution in [0.2, 0.25) is 0 Å². The van der Waals surface area contributed by atoms with Gasteiger partial charge in [-0.2, -0.15) is 5.10 Å². The Labute approximate surface area is 78.7 Å². The smallest absolute Gasteiger partial charge is 0.348 e. The summed E-state index contributed by atoms with van der Waals surface area (Å²) >= 11 is 1.39. The van der Waals surface area contributed by atoms with Gasteiger partial charge in [-0.1, -0.05) is 0 Å². The number of hydrogen-bond donors (Lipinski definition) is 0. The normalized spacial score (nSPS) is 10.6. The number of nitrogens with zero attached hydrogens (tertiary/aromatic N) is 2. The Bertz CT molecular complexity index is 426. The predicted molar refractivity (Wildman–Crippen MR) is 49.9 cm³/mol. The van der Waals surface area contributed by atoms with Crippen LogP contribution in [0, 0.1) is 0 Å². The van der Waals surface area contributed by atoms with Crippen LogP contribution >= 0.6 is 11.3 Å². The van der Waals surface area contributed by atoms with Crippen LogP contribution in [0.5, 0.6) is 0 Å². The second-order valence-corrected chi connectivity index (χ2v) is 3.74. The average Bonchev–Trinajstić information content (AvgIpc) is 2.59. The first-order valence-electron chi connectivity index (χ1n) is 3.72. The zero-order valence-corrected chi connectivity index (χ0v) is 8.09. The van der Waals surface area contributed by atoms with Crippen molar-refractivity contribution in [3.8, 4) is 0 Å². The molecular weight excluding hydrogens is 188 g/mol. The topological polar surface area (TPSA) is 44.1 Å². The van der Waals surface area contributed by atoms with E-state index in [4.69, 9.17) is 0 Å². The van der Waals surface area contributed by atoms with Gasteiger partial charge in [-0.3, -0.25) is 4.68 Å². The van der Waals surface area contributed by atoms with Crippen LogP contribution in [0.15, 0.2) is 12.3 Å². The van der Waals surface area contributed by atoms with Gasteiger partial charge < -0.3 is 4.74 Å². The summed E-state index contributed by atoms with van der Waals surface area (Å²) in [5.74, 6) is -0.300. The van der Waals surface area contributed by atoms with Gasteiger partial charge in [0.05, 0.1) is 11.8 Å². The third-order valence-electron chi connectivity index (χ3n) is 1.70. The second kappa shape index (κ2) is 2.85. The lowest BCUT2D eigenvalue weighted by Gasteiger charge is -1.91. The van der Waals surface area contributed by atoms with Crippen molar-refractivity contribution in [1.82, 2.24) is 9.78 Å². The molecule has 0 aliphatic heterocycles. The second-order valence-electron chi connectivity index (χ2n) is 2.65. The van der Waals surface area contributed by atoms with Gasteiger partial charge >= 0.3 is 5.97 Å². The SMILES string of the molecule is COC(=O)c1cc2nn(C)cc2s1. The molecule has 0 aromatic carbocycles. The monoisotopic (exact) mass is 196 g/mol. The number of hydrogen-bond acceptors (Lipinski definition) is 4. The minimum atomic E-state index is -0.300. The number of aryl methyl sites for hydroxylation is 1. The molecule has 2 rings (SSSR count). The van der Waals surface area contributed by atoms with E-state index in [9.17, 15) is 4.79 Å². The zero-order chi connectivity index (χ0) is 9.42. The van der Waals surface area contributed by atoms with Gasteiger partial charge in [-0.05, 0) is 6.07 Å². The van der Waals surface area contributed by atoms with Gasteiger partial charge in [0.15, 0.2) is 0 Å². The van der Waals surface area contributed by atoms with Crippen molar-refractivity contribution >= 4 is 27.5 Å². The van der Waals surface area contributed by atoms with Crippen LogP contribution < -0.4 is 0 Å². The molecule has 68 valence electrons. The van der Waals surface area contributed by atoms with Crippen LogP contribution in [0.3, 0.4) is 0 Å². The molecule has 0 unspecified atom stereocenters. The fourth-order valence-electron chi connectivity index (χ4n) is 1.14. The molecule has 5 heteroatoms. The summed E-state index contributed by atoms with van der Waals surface area (Å²) in [5, 5.41) is 4.17. The van der Waals surface area contributed by atoms with Gasteiger partial charge in [-0.25, -0.2) is 4.79 Å². The maximum atomic E-state index is 11.1. The van der Waals surface area contributed by atoms with Gasteiger partial charge in [-0.15, -0.1) is 11.3 Å². The molecule has 0 aliphatic carbocycles. The Morgan fingerprint density at radius 1 is 1.69 bits per heavy atom. The summed E-state index contributed by atoms with van der Waals surface area (Å²) in [6, 6.07) is 1.74. The lowest BCUT2D eigenvalue weighted by Crippen LogP contribution is -1.97. The Morgan fingerprint density at radius 2 is 2.46 bits per heavy atom. The van der Waals surface area contributed by atoms with Gasteiger partial charge in [0.1, 0.15) is 10.4 Å². The Morgan fingerprint density at radius 3 is 3.08 bits per heavy atom. The standard InChI is InChI=1S/C8H8N2O2S/c1-10-4-7-5(9-10)3-6(13-7)8(11)12-2/h3-4H,1-2H3. The van der Waals surface area contributed by atoms with Crippen molar-refractivity contribution in [2.24, 2.45) is 7.05 Å². The quantitative estimate of drug-likeness (QED) is 0.648. The Balaban J connectivity index is 2.51. The zero-order valence-electron chi connectivity index (χ0n) is 7.27. The van der Waals surface area contributed by atoms with E-state index in [0.29, 0.717) is 4.88 Å². The third kappa shape index (κ3) is 1.31. The van der Waals surface area contributed by atoms with E-state index in [0.717, 1.165) is 10.2 Å². The summed E-state index contributed by atoms with van der Waals surface area (Å²) < 4.78 is 7.33. The predicted octanol–water partition coefficient (Wildman–Crippen LogP) is 1.42. The number of aromatic nitrogens is 2. The van der Waals surface area contributed by atoms with Crippen molar-refractivity contribution in [2.75, 3.05) is 7.11 Å². The minimum Gasteiger partial charge on any atom is -0.465 e. The van der Waals surface area contributed by atoms with Crippen molar-refractivity contribution in [3.05, 3.63) is 17.1 Å². The van der Waals surface area contributed by atoms with Crippen LogP contribution in [-0.4, -0.2) is 22.9 Å². The van der Waals surface area contributed by atoms with Gasteiger partial charge in [0, 0.05) is 13.2 Å². The van der Waals surface area contributed by atoms with E-state index in [1.54, 1.807) is 10.7 Å². The van der Waals surface area contributed by atoms with Crippen LogP contribution in [0.4, 0.5) is 0 Å². The van der Waals surface area contributed by atoms with E-state index in [1.807, 2.05) is 13.2 Å². The van der Waals surface area contributed by atoms with Gasteiger partial charge in [0.25, 0.3) is 0 Å². The fraction of sp³-hybridized carbons (Fsp3) is 0.250. The average molecular weight is 196 g/mol. The van der Waals surface area contributed by atoms with E-state index in [2.05, 4.69) is 9.84 Å². The molecule has 4 nitrogen and oxygen atoms in total. The summed E-state index contributed by atoms with van der Waals surface area (Å²) in [4.78, 5) is 11.7. The van der Waals surface area contributed by atoms with Crippen molar-refractivity contribution < 1.29 is 9.53 Å². The highest BCUT2D eigenvalue weighted by Crippen LogP contribution is 2.24. The highest BCUT2D eigenvalue weighted by molar-refractivity contribution is 7.20. The number of rotatable bonds is 1. The van der Waals surface area contributed by atoms with Crippen LogP contribution in [0.1, 0.15) is 9.67 Å². The fourth-order valence-corrected chi connectivity index (χ4v) is 2.12. The first-order valence-corrected chi connectivity index (χ1v) is 4.54. The number of esters is 1. The molecule has 0 spiro atoms. The molecule has 2 heterocycles. The molecule has 0 atom stereocenters. The number of carbonyl (C=O) groups excluding carboxylic acids is 1. The van der Waals surface area contributed by atoms with Crippen LogP contribution in [0.25, 0.3) is 10.2 Å². The number of ether oxygens (including phenoxy) is 1. The molecule has 0 saturated heterocycles. The van der Waals surface area contributed by atoms with E-state index < -0.39 is 0 Å². The number of fused-ring (bicyclic) bond motifs is 1. The number of thiophene rings is 1. The maximum Gasteiger partial charge on any atom is 0.348 e. The Hall–Kier alpha value is -1.36. The van der Waals surface area contributed by atoms with Crippen molar-refractivity contribution in [1.29, 1.82) is 0 Å². The summed E-state index contributed by atoms with van der Waals surface area (Å²) in [6.07, 6.45) is 1.88.